The minimum atomic E-state index is -0.132. The van der Waals surface area contributed by atoms with Crippen molar-refractivity contribution in [1.29, 1.82) is 0 Å². The molecule has 0 spiro atoms. The quantitative estimate of drug-likeness (QED) is 0.761. The van der Waals surface area contributed by atoms with E-state index >= 15 is 0 Å². The van der Waals surface area contributed by atoms with Crippen LogP contribution in [-0.2, 0) is 0 Å². The third kappa shape index (κ3) is 1.98. The van der Waals surface area contributed by atoms with E-state index in [1.807, 2.05) is 24.3 Å². The maximum Gasteiger partial charge on any atom is 0.204 e. The van der Waals surface area contributed by atoms with Crippen molar-refractivity contribution in [1.82, 2.24) is 0 Å². The van der Waals surface area contributed by atoms with Crippen LogP contribution < -0.4 is 4.74 Å². The van der Waals surface area contributed by atoms with Crippen molar-refractivity contribution < 1.29 is 13.9 Å². The lowest BCUT2D eigenvalue weighted by molar-refractivity contribution is -0.0364. The van der Waals surface area contributed by atoms with Crippen LogP contribution in [0.15, 0.2) is 28.7 Å². The Morgan fingerprint density at radius 2 is 1.74 bits per heavy atom. The number of carbonyl (C=O) groups is 1. The zero-order valence-electron chi connectivity index (χ0n) is 13.5. The van der Waals surface area contributed by atoms with E-state index in [1.165, 1.54) is 19.3 Å². The molecule has 3 nitrogen and oxygen atoms in total. The fourth-order valence-electron chi connectivity index (χ4n) is 5.90. The topological polar surface area (TPSA) is 39.4 Å². The molecule has 6 rings (SSSR count). The van der Waals surface area contributed by atoms with E-state index in [1.54, 1.807) is 7.11 Å². The second-order valence-corrected chi connectivity index (χ2v) is 8.04. The number of hydrogen-bond acceptors (Lipinski definition) is 3. The molecule has 0 radical (unpaired) electrons. The maximum atomic E-state index is 13.3. The second-order valence-electron chi connectivity index (χ2n) is 8.04. The van der Waals surface area contributed by atoms with Gasteiger partial charge in [-0.1, -0.05) is 0 Å². The van der Waals surface area contributed by atoms with Gasteiger partial charge in [0.05, 0.1) is 7.11 Å². The normalized spacial score (nSPS) is 34.9. The van der Waals surface area contributed by atoms with E-state index in [0.717, 1.165) is 53.7 Å². The fourth-order valence-corrected chi connectivity index (χ4v) is 5.90. The molecule has 4 aliphatic rings. The summed E-state index contributed by atoms with van der Waals surface area (Å²) in [5.41, 5.74) is 0.615. The van der Waals surface area contributed by atoms with Gasteiger partial charge in [-0.25, -0.2) is 0 Å². The van der Waals surface area contributed by atoms with Crippen molar-refractivity contribution in [2.45, 2.75) is 38.5 Å². The lowest BCUT2D eigenvalue weighted by atomic mass is 9.48. The van der Waals surface area contributed by atoms with E-state index in [4.69, 9.17) is 9.15 Å². The summed E-state index contributed by atoms with van der Waals surface area (Å²) in [6.07, 6.45) is 7.30. The smallest absolute Gasteiger partial charge is 0.204 e. The average molecular weight is 310 g/mol. The Hall–Kier alpha value is -1.77. The van der Waals surface area contributed by atoms with E-state index in [0.29, 0.717) is 5.76 Å². The van der Waals surface area contributed by atoms with Crippen LogP contribution in [-0.4, -0.2) is 12.9 Å². The number of benzene rings is 1. The van der Waals surface area contributed by atoms with Crippen molar-refractivity contribution >= 4 is 16.8 Å². The highest BCUT2D eigenvalue weighted by atomic mass is 16.5. The van der Waals surface area contributed by atoms with Gasteiger partial charge in [0.25, 0.3) is 0 Å². The van der Waals surface area contributed by atoms with Gasteiger partial charge in [0.2, 0.25) is 5.78 Å². The van der Waals surface area contributed by atoms with Crippen molar-refractivity contribution in [3.8, 4) is 5.75 Å². The predicted octanol–water partition coefficient (Wildman–Crippen LogP) is 4.84. The van der Waals surface area contributed by atoms with Crippen LogP contribution in [0.3, 0.4) is 0 Å². The molecule has 1 heterocycles. The monoisotopic (exact) mass is 310 g/mol. The summed E-state index contributed by atoms with van der Waals surface area (Å²) in [6.45, 7) is 0. The highest BCUT2D eigenvalue weighted by molar-refractivity contribution is 6.01. The van der Waals surface area contributed by atoms with Crippen LogP contribution in [0.4, 0.5) is 0 Å². The highest BCUT2D eigenvalue weighted by Crippen LogP contribution is 2.61. The molecule has 0 aliphatic heterocycles. The molecular weight excluding hydrogens is 288 g/mol. The number of methoxy groups -OCH3 is 1. The molecule has 0 unspecified atom stereocenters. The van der Waals surface area contributed by atoms with Crippen molar-refractivity contribution in [2.75, 3.05) is 7.11 Å². The zero-order valence-corrected chi connectivity index (χ0v) is 13.5. The standard InChI is InChI=1S/C20H22O3/c1-22-16-3-2-15-7-18(23-17(15)8-16)19(21)20-9-12-4-13(10-20)6-14(5-12)11-20/h2-3,7-8,12-14H,4-6,9-11H2,1H3. The zero-order chi connectivity index (χ0) is 15.6. The molecule has 4 bridgehead atoms. The first-order chi connectivity index (χ1) is 11.1. The number of ketones is 1. The maximum absolute atomic E-state index is 13.3. The minimum Gasteiger partial charge on any atom is -0.497 e. The molecule has 0 atom stereocenters. The SMILES string of the molecule is COc1ccc2cc(C(=O)C34CC5CC(CC(C5)C3)C4)oc2c1. The molecule has 0 amide bonds. The van der Waals surface area contributed by atoms with Crippen LogP contribution in [0, 0.1) is 23.2 Å². The average Bonchev–Trinajstić information content (AvgIpc) is 2.95. The van der Waals surface area contributed by atoms with Gasteiger partial charge in [0, 0.05) is 16.9 Å². The Morgan fingerprint density at radius 1 is 1.09 bits per heavy atom. The molecule has 0 N–H and O–H groups in total. The first-order valence-corrected chi connectivity index (χ1v) is 8.78. The summed E-state index contributed by atoms with van der Waals surface area (Å²) in [7, 11) is 1.64. The third-order valence-electron chi connectivity index (χ3n) is 6.47. The molecular formula is C20H22O3. The predicted molar refractivity (Wildman–Crippen MR) is 87.7 cm³/mol. The van der Waals surface area contributed by atoms with E-state index < -0.39 is 0 Å². The molecule has 4 fully saturated rings. The second kappa shape index (κ2) is 4.62. The van der Waals surface area contributed by atoms with Gasteiger partial charge in [-0.05, 0) is 74.5 Å². The molecule has 4 saturated carbocycles. The molecule has 4 aliphatic carbocycles. The Morgan fingerprint density at radius 3 is 2.35 bits per heavy atom. The van der Waals surface area contributed by atoms with Crippen molar-refractivity contribution in [3.05, 3.63) is 30.0 Å². The number of fused-ring (bicyclic) bond motifs is 1. The Labute approximate surface area is 136 Å². The van der Waals surface area contributed by atoms with Crippen LogP contribution >= 0.6 is 0 Å². The Kier molecular flexibility index (Phi) is 2.74. The number of ether oxygens (including phenoxy) is 1. The lowest BCUT2D eigenvalue weighted by Gasteiger charge is -2.55. The third-order valence-corrected chi connectivity index (χ3v) is 6.47. The Bertz CT molecular complexity index is 750. The van der Waals surface area contributed by atoms with Crippen LogP contribution in [0.1, 0.15) is 49.1 Å². The summed E-state index contributed by atoms with van der Waals surface area (Å²) in [5.74, 6) is 3.89. The summed E-state index contributed by atoms with van der Waals surface area (Å²) in [4.78, 5) is 13.3. The van der Waals surface area contributed by atoms with Gasteiger partial charge in [-0.3, -0.25) is 4.79 Å². The number of hydrogen-bond donors (Lipinski definition) is 0. The first kappa shape index (κ1) is 13.6. The van der Waals surface area contributed by atoms with Gasteiger partial charge in [0.15, 0.2) is 5.76 Å². The number of carbonyl (C=O) groups excluding carboxylic acids is 1. The Balaban J connectivity index is 1.53. The van der Waals surface area contributed by atoms with Gasteiger partial charge >= 0.3 is 0 Å². The van der Waals surface area contributed by atoms with Crippen LogP contribution in [0.5, 0.6) is 5.75 Å². The molecule has 3 heteroatoms. The van der Waals surface area contributed by atoms with Crippen LogP contribution in [0.2, 0.25) is 0 Å². The van der Waals surface area contributed by atoms with Gasteiger partial charge in [0.1, 0.15) is 11.3 Å². The lowest BCUT2D eigenvalue weighted by Crippen LogP contribution is -2.49. The molecule has 1 aromatic carbocycles. The number of Topliss-reactive ketones (excluding diaryl/α,β-unsaturated/α-hetero) is 1. The van der Waals surface area contributed by atoms with Crippen molar-refractivity contribution in [3.63, 3.8) is 0 Å². The molecule has 1 aromatic heterocycles. The van der Waals surface area contributed by atoms with Crippen LogP contribution in [0.25, 0.3) is 11.0 Å². The molecule has 2 aromatic rings. The van der Waals surface area contributed by atoms with Gasteiger partial charge in [-0.15, -0.1) is 0 Å². The van der Waals surface area contributed by atoms with Crippen molar-refractivity contribution in [2.24, 2.45) is 23.2 Å². The highest BCUT2D eigenvalue weighted by Gasteiger charge is 2.55. The van der Waals surface area contributed by atoms with E-state index in [9.17, 15) is 4.79 Å². The molecule has 0 saturated heterocycles. The largest absolute Gasteiger partial charge is 0.497 e. The summed E-state index contributed by atoms with van der Waals surface area (Å²) < 4.78 is 11.2. The summed E-state index contributed by atoms with van der Waals surface area (Å²) in [6, 6.07) is 7.67. The fraction of sp³-hybridized carbons (Fsp3) is 0.550. The summed E-state index contributed by atoms with van der Waals surface area (Å²) in [5, 5.41) is 0.985. The number of furan rings is 1. The van der Waals surface area contributed by atoms with E-state index in [-0.39, 0.29) is 11.2 Å². The number of rotatable bonds is 3. The van der Waals surface area contributed by atoms with Gasteiger partial charge in [-0.2, -0.15) is 0 Å². The molecule has 120 valence electrons. The summed E-state index contributed by atoms with van der Waals surface area (Å²) >= 11 is 0. The first-order valence-electron chi connectivity index (χ1n) is 8.78. The van der Waals surface area contributed by atoms with E-state index in [2.05, 4.69) is 0 Å². The van der Waals surface area contributed by atoms with Gasteiger partial charge < -0.3 is 9.15 Å². The minimum absolute atomic E-state index is 0.132. The molecule has 23 heavy (non-hydrogen) atoms.